The largest absolute Gasteiger partial charge is 0.456 e. The fourth-order valence-corrected chi connectivity index (χ4v) is 1.28. The van der Waals surface area contributed by atoms with E-state index in [4.69, 9.17) is 15.3 Å². The van der Waals surface area contributed by atoms with Gasteiger partial charge in [-0.3, -0.25) is 4.98 Å². The molecule has 0 amide bonds. The van der Waals surface area contributed by atoms with Gasteiger partial charge in [0, 0.05) is 20.2 Å². The molecule has 106 valence electrons. The summed E-state index contributed by atoms with van der Waals surface area (Å²) in [5.74, 6) is 1.50. The Hall–Kier alpha value is -3.38. The topological polar surface area (TPSA) is 94.1 Å². The predicted octanol–water partition coefficient (Wildman–Crippen LogP) is 2.71. The minimum absolute atomic E-state index is 0.706. The van der Waals surface area contributed by atoms with Crippen molar-refractivity contribution in [1.29, 1.82) is 10.5 Å². The Balaban J connectivity index is 0.000000921. The number of benzene rings is 1. The summed E-state index contributed by atoms with van der Waals surface area (Å²) in [6.07, 6.45) is 3.32. The van der Waals surface area contributed by atoms with E-state index >= 15 is 0 Å². The van der Waals surface area contributed by atoms with Gasteiger partial charge in [0.1, 0.15) is 11.5 Å². The highest BCUT2D eigenvalue weighted by Crippen LogP contribution is 2.19. The number of ether oxygens (including phenoxy) is 1. The zero-order valence-electron chi connectivity index (χ0n) is 11.5. The summed E-state index contributed by atoms with van der Waals surface area (Å²) in [5.41, 5.74) is 3.45. The summed E-state index contributed by atoms with van der Waals surface area (Å²) < 4.78 is 5.62. The maximum atomic E-state index is 6.50. The number of para-hydroxylation sites is 1. The molecule has 1 heterocycles. The van der Waals surface area contributed by atoms with Crippen LogP contribution in [0.2, 0.25) is 0 Å². The third kappa shape index (κ3) is 6.94. The zero-order valence-corrected chi connectivity index (χ0v) is 11.5. The van der Waals surface area contributed by atoms with E-state index in [1.165, 1.54) is 0 Å². The third-order valence-electron chi connectivity index (χ3n) is 2.06. The Bertz CT molecular complexity index is 555. The van der Waals surface area contributed by atoms with E-state index in [0.717, 1.165) is 11.4 Å². The lowest BCUT2D eigenvalue weighted by Crippen LogP contribution is -1.96. The molecule has 6 heteroatoms. The number of hydrazone groups is 1. The van der Waals surface area contributed by atoms with Crippen LogP contribution in [0, 0.1) is 23.7 Å². The summed E-state index contributed by atoms with van der Waals surface area (Å²) in [4.78, 5) is 4.20. The second-order valence-electron chi connectivity index (χ2n) is 3.32. The van der Waals surface area contributed by atoms with Gasteiger partial charge in [0.05, 0.1) is 18.1 Å². The smallest absolute Gasteiger partial charge is 0.145 e. The first-order chi connectivity index (χ1) is 10.4. The van der Waals surface area contributed by atoms with Crippen molar-refractivity contribution in [3.05, 3.63) is 54.4 Å². The number of hydrogen-bond acceptors (Lipinski definition) is 6. The lowest BCUT2D eigenvalue weighted by molar-refractivity contribution is 0.480. The summed E-state index contributed by atoms with van der Waals surface area (Å²) in [5, 5.41) is 16.9. The van der Waals surface area contributed by atoms with E-state index in [9.17, 15) is 0 Å². The van der Waals surface area contributed by atoms with Crippen LogP contribution in [0.25, 0.3) is 0 Å². The molecule has 0 atom stereocenters. The van der Waals surface area contributed by atoms with Crippen LogP contribution in [0.3, 0.4) is 0 Å². The summed E-state index contributed by atoms with van der Waals surface area (Å²) in [6, 6.07) is 13.3. The maximum Gasteiger partial charge on any atom is 0.145 e. The molecule has 0 radical (unpaired) electrons. The highest BCUT2D eigenvalue weighted by molar-refractivity contribution is 5.76. The molecule has 6 nitrogen and oxygen atoms in total. The molecule has 0 bridgehead atoms. The Labute approximate surface area is 123 Å². The van der Waals surface area contributed by atoms with E-state index < -0.39 is 0 Å². The Morgan fingerprint density at radius 3 is 2.24 bits per heavy atom. The quantitative estimate of drug-likeness (QED) is 0.686. The number of nitrogens with one attached hydrogen (secondary N) is 1. The molecule has 0 saturated heterocycles. The fourth-order valence-electron chi connectivity index (χ4n) is 1.28. The van der Waals surface area contributed by atoms with Crippen molar-refractivity contribution in [2.24, 2.45) is 5.10 Å². The molecule has 0 fully saturated rings. The Kier molecular flexibility index (Phi) is 9.81. The van der Waals surface area contributed by atoms with E-state index in [1.807, 2.05) is 42.5 Å². The minimum atomic E-state index is 0.706. The molecule has 1 aromatic heterocycles. The van der Waals surface area contributed by atoms with Crippen molar-refractivity contribution in [1.82, 2.24) is 10.4 Å². The van der Waals surface area contributed by atoms with E-state index in [0.29, 0.717) is 5.75 Å². The van der Waals surface area contributed by atoms with Crippen molar-refractivity contribution in [2.45, 2.75) is 0 Å². The molecule has 1 N–H and O–H groups in total. The summed E-state index contributed by atoms with van der Waals surface area (Å²) >= 11 is 0. The average molecular weight is 281 g/mol. The van der Waals surface area contributed by atoms with E-state index in [-0.39, 0.29) is 0 Å². The second kappa shape index (κ2) is 11.7. The van der Waals surface area contributed by atoms with Gasteiger partial charge >= 0.3 is 0 Å². The van der Waals surface area contributed by atoms with Gasteiger partial charge in [-0.1, -0.05) is 18.2 Å². The van der Waals surface area contributed by atoms with Gasteiger partial charge in [-0.25, -0.2) is 10.5 Å². The number of hydrogen-bond donors (Lipinski definition) is 1. The van der Waals surface area contributed by atoms with Gasteiger partial charge in [0.25, 0.3) is 0 Å². The monoisotopic (exact) mass is 281 g/mol. The first-order valence-electron chi connectivity index (χ1n) is 5.79. The van der Waals surface area contributed by atoms with E-state index in [2.05, 4.69) is 28.7 Å². The molecule has 2 rings (SSSR count). The molecule has 0 saturated carbocycles. The van der Waals surface area contributed by atoms with Gasteiger partial charge < -0.3 is 10.2 Å². The van der Waals surface area contributed by atoms with Crippen molar-refractivity contribution < 1.29 is 4.74 Å². The fraction of sp³-hybridized carbons (Fsp3) is 0.0667. The molecule has 0 aliphatic heterocycles. The van der Waals surface area contributed by atoms with Crippen LogP contribution in [-0.4, -0.2) is 18.2 Å². The normalized spacial score (nSPS) is 8.62. The lowest BCUT2D eigenvalue weighted by Gasteiger charge is -2.04. The number of nitrogens with zero attached hydrogens (tertiary/aromatic N) is 4. The Morgan fingerprint density at radius 1 is 1.05 bits per heavy atom. The SMILES string of the molecule is C#N.C#N.CNN=Cc1ccc(Oc2ccccc2)cn1. The van der Waals surface area contributed by atoms with Crippen molar-refractivity contribution in [2.75, 3.05) is 7.05 Å². The molecule has 0 spiro atoms. The summed E-state index contributed by atoms with van der Waals surface area (Å²) in [6.45, 7) is 7.00. The van der Waals surface area contributed by atoms with Crippen molar-refractivity contribution >= 4 is 6.21 Å². The van der Waals surface area contributed by atoms with Crippen LogP contribution >= 0.6 is 0 Å². The van der Waals surface area contributed by atoms with Gasteiger partial charge in [0.2, 0.25) is 0 Å². The van der Waals surface area contributed by atoms with Crippen LogP contribution in [0.15, 0.2) is 53.8 Å². The highest BCUT2D eigenvalue weighted by atomic mass is 16.5. The number of rotatable bonds is 4. The first-order valence-corrected chi connectivity index (χ1v) is 5.79. The molecule has 0 aliphatic rings. The maximum absolute atomic E-state index is 6.50. The van der Waals surface area contributed by atoms with Gasteiger partial charge in [-0.15, -0.1) is 0 Å². The van der Waals surface area contributed by atoms with Crippen LogP contribution < -0.4 is 10.2 Å². The minimum Gasteiger partial charge on any atom is -0.456 e. The molecule has 2 aromatic rings. The first kappa shape index (κ1) is 17.6. The van der Waals surface area contributed by atoms with Crippen LogP contribution in [0.5, 0.6) is 11.5 Å². The van der Waals surface area contributed by atoms with Crippen LogP contribution in [-0.2, 0) is 0 Å². The average Bonchev–Trinajstić information content (AvgIpc) is 2.59. The van der Waals surface area contributed by atoms with Gasteiger partial charge in [-0.2, -0.15) is 5.10 Å². The molecular formula is C15H15N5O. The van der Waals surface area contributed by atoms with Crippen LogP contribution in [0.1, 0.15) is 5.69 Å². The predicted molar refractivity (Wildman–Crippen MR) is 80.7 cm³/mol. The highest BCUT2D eigenvalue weighted by Gasteiger charge is 1.96. The van der Waals surface area contributed by atoms with Gasteiger partial charge in [-0.05, 0) is 24.3 Å². The summed E-state index contributed by atoms with van der Waals surface area (Å²) in [7, 11) is 1.74. The molecule has 0 unspecified atom stereocenters. The third-order valence-corrected chi connectivity index (χ3v) is 2.06. The zero-order chi connectivity index (χ0) is 15.9. The van der Waals surface area contributed by atoms with E-state index in [1.54, 1.807) is 19.5 Å². The van der Waals surface area contributed by atoms with Crippen molar-refractivity contribution in [3.8, 4) is 24.6 Å². The standard InChI is InChI=1S/C13H13N3O.2CHN/c1-14-16-9-11-7-8-13(10-15-11)17-12-5-3-2-4-6-12;2*1-2/h2-10,14H,1H3;2*1H. The molecular weight excluding hydrogens is 266 g/mol. The number of nitriles is 2. The molecule has 21 heavy (non-hydrogen) atoms. The number of aromatic nitrogens is 1. The van der Waals surface area contributed by atoms with Gasteiger partial charge in [0.15, 0.2) is 0 Å². The number of pyridine rings is 1. The molecule has 1 aromatic carbocycles. The second-order valence-corrected chi connectivity index (χ2v) is 3.32. The van der Waals surface area contributed by atoms with Crippen molar-refractivity contribution in [3.63, 3.8) is 0 Å². The molecule has 0 aliphatic carbocycles. The van der Waals surface area contributed by atoms with Crippen LogP contribution in [0.4, 0.5) is 0 Å². The Morgan fingerprint density at radius 2 is 1.71 bits per heavy atom. The lowest BCUT2D eigenvalue weighted by atomic mass is 10.3.